The van der Waals surface area contributed by atoms with Crippen molar-refractivity contribution in [1.82, 2.24) is 4.90 Å². The van der Waals surface area contributed by atoms with E-state index in [1.165, 1.54) is 17.2 Å². The fourth-order valence-electron chi connectivity index (χ4n) is 3.01. The number of hydrogen-bond acceptors (Lipinski definition) is 1. The van der Waals surface area contributed by atoms with Crippen LogP contribution in [0.1, 0.15) is 24.8 Å². The van der Waals surface area contributed by atoms with Gasteiger partial charge in [-0.05, 0) is 35.6 Å². The molecule has 0 atom stereocenters. The van der Waals surface area contributed by atoms with Crippen LogP contribution < -0.4 is 0 Å². The fraction of sp³-hybridized carbons (Fsp3) is 0.389. The minimum Gasteiger partial charge on any atom is -0.338 e. The van der Waals surface area contributed by atoms with E-state index in [9.17, 15) is 4.79 Å². The zero-order valence-electron chi connectivity index (χ0n) is 12.1. The molecule has 1 aliphatic carbocycles. The highest BCUT2D eigenvalue weighted by Crippen LogP contribution is 2.26. The van der Waals surface area contributed by atoms with Crippen LogP contribution in [0.4, 0.5) is 0 Å². The second kappa shape index (κ2) is 6.48. The number of carbonyl (C=O) groups is 1. The number of hydrogen-bond donors (Lipinski definition) is 0. The summed E-state index contributed by atoms with van der Waals surface area (Å²) in [5, 5.41) is 2.36. The summed E-state index contributed by atoms with van der Waals surface area (Å²) in [6, 6.07) is 14.8. The van der Waals surface area contributed by atoms with Crippen LogP contribution in [0.15, 0.2) is 42.5 Å². The van der Waals surface area contributed by atoms with E-state index in [-0.39, 0.29) is 5.91 Å². The smallest absolute Gasteiger partial charge is 0.227 e. The van der Waals surface area contributed by atoms with Crippen molar-refractivity contribution in [2.24, 2.45) is 0 Å². The zero-order chi connectivity index (χ0) is 14.7. The molecule has 0 radical (unpaired) electrons. The van der Waals surface area contributed by atoms with Crippen molar-refractivity contribution in [2.75, 3.05) is 12.4 Å². The SMILES string of the molecule is O=C(Cc1cccc2ccccc12)N(CCCl)C1CCC1. The number of carbonyl (C=O) groups excluding carboxylic acids is 1. The lowest BCUT2D eigenvalue weighted by molar-refractivity contribution is -0.134. The monoisotopic (exact) mass is 301 g/mol. The Morgan fingerprint density at radius 1 is 1.14 bits per heavy atom. The number of amides is 1. The maximum Gasteiger partial charge on any atom is 0.227 e. The van der Waals surface area contributed by atoms with Crippen LogP contribution in [0.5, 0.6) is 0 Å². The Morgan fingerprint density at radius 2 is 1.90 bits per heavy atom. The van der Waals surface area contributed by atoms with Crippen molar-refractivity contribution < 1.29 is 4.79 Å². The highest BCUT2D eigenvalue weighted by atomic mass is 35.5. The number of fused-ring (bicyclic) bond motifs is 1. The molecule has 0 aromatic heterocycles. The summed E-state index contributed by atoms with van der Waals surface area (Å²) in [6.45, 7) is 0.663. The molecule has 110 valence electrons. The lowest BCUT2D eigenvalue weighted by atomic mass is 9.91. The van der Waals surface area contributed by atoms with Gasteiger partial charge in [0.25, 0.3) is 0 Å². The Bertz CT molecular complexity index is 631. The van der Waals surface area contributed by atoms with Gasteiger partial charge in [-0.25, -0.2) is 0 Å². The lowest BCUT2D eigenvalue weighted by Crippen LogP contribution is -2.45. The van der Waals surface area contributed by atoms with Crippen molar-refractivity contribution in [3.8, 4) is 0 Å². The van der Waals surface area contributed by atoms with Crippen molar-refractivity contribution in [3.63, 3.8) is 0 Å². The third-order valence-electron chi connectivity index (χ3n) is 4.38. The molecule has 0 saturated heterocycles. The van der Waals surface area contributed by atoms with Gasteiger partial charge in [-0.2, -0.15) is 0 Å². The van der Waals surface area contributed by atoms with Crippen LogP contribution in [0.2, 0.25) is 0 Å². The van der Waals surface area contributed by atoms with Crippen molar-refractivity contribution in [2.45, 2.75) is 31.7 Å². The predicted molar refractivity (Wildman–Crippen MR) is 87.7 cm³/mol. The van der Waals surface area contributed by atoms with Gasteiger partial charge in [0.05, 0.1) is 6.42 Å². The largest absolute Gasteiger partial charge is 0.338 e. The van der Waals surface area contributed by atoms with E-state index in [4.69, 9.17) is 11.6 Å². The molecule has 0 spiro atoms. The third-order valence-corrected chi connectivity index (χ3v) is 4.55. The fourth-order valence-corrected chi connectivity index (χ4v) is 3.19. The molecular weight excluding hydrogens is 282 g/mol. The molecule has 1 fully saturated rings. The van der Waals surface area contributed by atoms with E-state index < -0.39 is 0 Å². The molecule has 2 nitrogen and oxygen atoms in total. The van der Waals surface area contributed by atoms with Gasteiger partial charge in [-0.1, -0.05) is 42.5 Å². The first-order valence-corrected chi connectivity index (χ1v) is 8.15. The number of rotatable bonds is 5. The summed E-state index contributed by atoms with van der Waals surface area (Å²) in [5.74, 6) is 0.717. The Balaban J connectivity index is 1.81. The normalized spacial score (nSPS) is 14.9. The number of benzene rings is 2. The quantitative estimate of drug-likeness (QED) is 0.764. The molecule has 0 bridgehead atoms. The van der Waals surface area contributed by atoms with Gasteiger partial charge in [0.2, 0.25) is 5.91 Å². The molecule has 1 aliphatic rings. The molecule has 1 amide bonds. The van der Waals surface area contributed by atoms with Crippen LogP contribution in [0.25, 0.3) is 10.8 Å². The van der Waals surface area contributed by atoms with Gasteiger partial charge < -0.3 is 4.90 Å². The number of halogens is 1. The topological polar surface area (TPSA) is 20.3 Å². The standard InChI is InChI=1S/C18H20ClNO/c19-11-12-20(16-8-4-9-16)18(21)13-15-7-3-6-14-5-1-2-10-17(14)15/h1-3,5-7,10,16H,4,8-9,11-13H2. The summed E-state index contributed by atoms with van der Waals surface area (Å²) in [4.78, 5) is 14.6. The number of nitrogens with zero attached hydrogens (tertiary/aromatic N) is 1. The molecule has 1 saturated carbocycles. The molecule has 3 heteroatoms. The first kappa shape index (κ1) is 14.4. The summed E-state index contributed by atoms with van der Waals surface area (Å²) in [6.07, 6.45) is 3.94. The molecule has 3 rings (SSSR count). The average Bonchev–Trinajstić information content (AvgIpc) is 2.45. The van der Waals surface area contributed by atoms with Gasteiger partial charge in [0.1, 0.15) is 0 Å². The van der Waals surface area contributed by atoms with Crippen LogP contribution in [-0.2, 0) is 11.2 Å². The minimum absolute atomic E-state index is 0.205. The zero-order valence-corrected chi connectivity index (χ0v) is 12.9. The molecule has 0 unspecified atom stereocenters. The highest BCUT2D eigenvalue weighted by Gasteiger charge is 2.28. The van der Waals surface area contributed by atoms with Gasteiger partial charge in [0, 0.05) is 18.5 Å². The van der Waals surface area contributed by atoms with E-state index in [1.807, 2.05) is 23.1 Å². The van der Waals surface area contributed by atoms with Gasteiger partial charge >= 0.3 is 0 Å². The Hall–Kier alpha value is -1.54. The molecule has 21 heavy (non-hydrogen) atoms. The summed E-state index contributed by atoms with van der Waals surface area (Å²) in [5.41, 5.74) is 1.11. The van der Waals surface area contributed by atoms with E-state index in [0.29, 0.717) is 24.9 Å². The first-order chi connectivity index (χ1) is 10.3. The van der Waals surface area contributed by atoms with Gasteiger partial charge in [0.15, 0.2) is 0 Å². The number of alkyl halides is 1. The van der Waals surface area contributed by atoms with Gasteiger partial charge in [-0.3, -0.25) is 4.79 Å². The van der Waals surface area contributed by atoms with Crippen molar-refractivity contribution in [3.05, 3.63) is 48.0 Å². The van der Waals surface area contributed by atoms with Crippen molar-refractivity contribution in [1.29, 1.82) is 0 Å². The van der Waals surface area contributed by atoms with Crippen LogP contribution in [-0.4, -0.2) is 29.3 Å². The van der Waals surface area contributed by atoms with E-state index in [0.717, 1.165) is 18.4 Å². The van der Waals surface area contributed by atoms with E-state index in [2.05, 4.69) is 24.3 Å². The van der Waals surface area contributed by atoms with Crippen LogP contribution >= 0.6 is 11.6 Å². The summed E-state index contributed by atoms with van der Waals surface area (Å²) < 4.78 is 0. The maximum atomic E-state index is 12.6. The summed E-state index contributed by atoms with van der Waals surface area (Å²) >= 11 is 5.87. The van der Waals surface area contributed by atoms with E-state index >= 15 is 0 Å². The Labute approximate surface area is 130 Å². The maximum absolute atomic E-state index is 12.6. The molecular formula is C18H20ClNO. The molecule has 0 aliphatic heterocycles. The van der Waals surface area contributed by atoms with E-state index in [1.54, 1.807) is 0 Å². The molecule has 2 aromatic carbocycles. The Morgan fingerprint density at radius 3 is 2.62 bits per heavy atom. The second-order valence-electron chi connectivity index (χ2n) is 5.68. The lowest BCUT2D eigenvalue weighted by Gasteiger charge is -2.37. The van der Waals surface area contributed by atoms with Crippen LogP contribution in [0.3, 0.4) is 0 Å². The first-order valence-electron chi connectivity index (χ1n) is 7.61. The predicted octanol–water partition coefficient (Wildman–Crippen LogP) is 4.00. The summed E-state index contributed by atoms with van der Waals surface area (Å²) in [7, 11) is 0. The highest BCUT2D eigenvalue weighted by molar-refractivity contribution is 6.18. The molecule has 0 N–H and O–H groups in total. The average molecular weight is 302 g/mol. The van der Waals surface area contributed by atoms with Crippen molar-refractivity contribution >= 4 is 28.3 Å². The minimum atomic E-state index is 0.205. The third kappa shape index (κ3) is 3.06. The second-order valence-corrected chi connectivity index (χ2v) is 6.05. The Kier molecular flexibility index (Phi) is 4.45. The molecule has 0 heterocycles. The van der Waals surface area contributed by atoms with Gasteiger partial charge in [-0.15, -0.1) is 11.6 Å². The van der Waals surface area contributed by atoms with Crippen LogP contribution in [0, 0.1) is 0 Å². The molecule has 2 aromatic rings.